The van der Waals surface area contributed by atoms with Crippen molar-refractivity contribution in [1.82, 2.24) is 5.43 Å². The lowest BCUT2D eigenvalue weighted by Gasteiger charge is -1.95. The molecule has 0 aliphatic heterocycles. The van der Waals surface area contributed by atoms with E-state index in [1.165, 1.54) is 0 Å². The quantitative estimate of drug-likeness (QED) is 0.308. The van der Waals surface area contributed by atoms with Crippen molar-refractivity contribution in [3.05, 3.63) is 20.5 Å². The number of nitrogens with two attached hydrogens (primary N) is 2. The molecule has 0 spiro atoms. The zero-order valence-electron chi connectivity index (χ0n) is 4.57. The summed E-state index contributed by atoms with van der Waals surface area (Å²) in [6.45, 7) is 0. The number of hydrogen-bond donors (Lipinski definition) is 3. The van der Waals surface area contributed by atoms with Crippen LogP contribution >= 0.6 is 38.5 Å². The molecule has 0 aromatic rings. The first-order chi connectivity index (χ1) is 4.20. The van der Waals surface area contributed by atoms with Crippen LogP contribution in [0, 0.1) is 0 Å². The van der Waals surface area contributed by atoms with E-state index in [1.807, 2.05) is 4.08 Å². The van der Waals surface area contributed by atoms with E-state index in [0.29, 0.717) is 5.82 Å². The van der Waals surface area contributed by atoms with Gasteiger partial charge in [-0.3, -0.25) is 0 Å². The summed E-state index contributed by atoms with van der Waals surface area (Å²) in [5.74, 6) is 5.41. The van der Waals surface area contributed by atoms with Gasteiger partial charge in [0, 0.05) is 4.48 Å². The largest absolute Gasteiger partial charge is 0.384 e. The second-order valence-electron chi connectivity index (χ2n) is 1.24. The first-order valence-corrected chi connectivity index (χ1v) is 4.14. The van der Waals surface area contributed by atoms with Crippen LogP contribution in [-0.4, -0.2) is 0 Å². The third-order valence-corrected chi connectivity index (χ3v) is 2.55. The third-order valence-electron chi connectivity index (χ3n) is 0.564. The molecule has 9 heavy (non-hydrogen) atoms. The molecule has 0 atom stereocenters. The maximum absolute atomic E-state index is 5.30. The smallest absolute Gasteiger partial charge is 0.111 e. The summed E-state index contributed by atoms with van der Waals surface area (Å²) in [5, 5.41) is 0. The normalized spacial score (nSPS) is 13.7. The molecule has 52 valence electrons. The molecule has 0 rings (SSSR count). The van der Waals surface area contributed by atoms with Crippen LogP contribution in [-0.2, 0) is 0 Å². The molecule has 5 heteroatoms. The van der Waals surface area contributed by atoms with Crippen LogP contribution in [0.25, 0.3) is 0 Å². The van der Waals surface area contributed by atoms with Gasteiger partial charge in [-0.1, -0.05) is 38.5 Å². The summed E-state index contributed by atoms with van der Waals surface area (Å²) >= 11 is 5.31. The van der Waals surface area contributed by atoms with Gasteiger partial charge >= 0.3 is 0 Å². The van der Waals surface area contributed by atoms with Crippen molar-refractivity contribution in [3.63, 3.8) is 0 Å². The molecule has 0 fully saturated rings. The third kappa shape index (κ3) is 4.73. The Kier molecular flexibility index (Phi) is 5.21. The highest BCUT2D eigenvalue weighted by Gasteiger charge is 1.84. The van der Waals surface area contributed by atoms with Gasteiger partial charge in [0.05, 0.1) is 0 Å². The predicted octanol–water partition coefficient (Wildman–Crippen LogP) is 0.921. The van der Waals surface area contributed by atoms with E-state index in [0.717, 1.165) is 4.48 Å². The molecule has 0 amide bonds. The Hall–Kier alpha value is 0.250. The van der Waals surface area contributed by atoms with Gasteiger partial charge in [-0.2, -0.15) is 0 Å². The highest BCUT2D eigenvalue weighted by molar-refractivity contribution is 14.1. The Labute approximate surface area is 75.8 Å². The minimum absolute atomic E-state index is 0.426. The van der Waals surface area contributed by atoms with E-state index < -0.39 is 0 Å². The SMILES string of the molecule is NN/C(N)=C\C(Br)=C/I. The molecule has 0 bridgehead atoms. The second kappa shape index (κ2) is 5.07. The van der Waals surface area contributed by atoms with E-state index >= 15 is 0 Å². The Morgan fingerprint density at radius 1 is 1.67 bits per heavy atom. The fraction of sp³-hybridized carbons (Fsp3) is 0. The first-order valence-electron chi connectivity index (χ1n) is 2.10. The Bertz CT molecular complexity index is 143. The molecular weight excluding hydrogens is 297 g/mol. The zero-order chi connectivity index (χ0) is 7.28. The van der Waals surface area contributed by atoms with Crippen LogP contribution in [0.1, 0.15) is 0 Å². The van der Waals surface area contributed by atoms with Gasteiger partial charge in [0.2, 0.25) is 0 Å². The maximum Gasteiger partial charge on any atom is 0.111 e. The summed E-state index contributed by atoms with van der Waals surface area (Å²) in [4.78, 5) is 0. The van der Waals surface area contributed by atoms with E-state index in [1.54, 1.807) is 6.08 Å². The summed E-state index contributed by atoms with van der Waals surface area (Å²) in [6.07, 6.45) is 1.67. The molecule has 5 N–H and O–H groups in total. The van der Waals surface area contributed by atoms with Gasteiger partial charge in [0.25, 0.3) is 0 Å². The summed E-state index contributed by atoms with van der Waals surface area (Å²) in [5.41, 5.74) is 7.60. The highest BCUT2D eigenvalue weighted by Crippen LogP contribution is 2.09. The molecule has 3 nitrogen and oxygen atoms in total. The topological polar surface area (TPSA) is 64.1 Å². The Morgan fingerprint density at radius 2 is 2.22 bits per heavy atom. The maximum atomic E-state index is 5.30. The van der Waals surface area contributed by atoms with Crippen LogP contribution in [0.15, 0.2) is 20.5 Å². The van der Waals surface area contributed by atoms with Crippen molar-refractivity contribution in [1.29, 1.82) is 0 Å². The van der Waals surface area contributed by atoms with Gasteiger partial charge in [-0.25, -0.2) is 5.84 Å². The molecule has 0 heterocycles. The van der Waals surface area contributed by atoms with Gasteiger partial charge in [-0.15, -0.1) is 0 Å². The Morgan fingerprint density at radius 3 is 2.56 bits per heavy atom. The summed E-state index contributed by atoms with van der Waals surface area (Å²) < 4.78 is 2.72. The number of hydrazine groups is 1. The molecule has 0 aliphatic carbocycles. The molecule has 0 unspecified atom stereocenters. The van der Waals surface area contributed by atoms with Crippen LogP contribution in [0.4, 0.5) is 0 Å². The van der Waals surface area contributed by atoms with Crippen LogP contribution in [0.3, 0.4) is 0 Å². The van der Waals surface area contributed by atoms with Gasteiger partial charge in [-0.05, 0) is 10.2 Å². The minimum atomic E-state index is 0.426. The predicted molar refractivity (Wildman–Crippen MR) is 50.6 cm³/mol. The summed E-state index contributed by atoms with van der Waals surface area (Å²) in [6, 6.07) is 0. The summed E-state index contributed by atoms with van der Waals surface area (Å²) in [7, 11) is 0. The minimum Gasteiger partial charge on any atom is -0.384 e. The molecule has 0 aromatic carbocycles. The van der Waals surface area contributed by atoms with Gasteiger partial charge in [0.1, 0.15) is 5.82 Å². The Balaban J connectivity index is 3.95. The van der Waals surface area contributed by atoms with Crippen molar-refractivity contribution >= 4 is 38.5 Å². The lowest BCUT2D eigenvalue weighted by atomic mass is 10.5. The molecular formula is C4H7BrIN3. The van der Waals surface area contributed by atoms with Gasteiger partial charge < -0.3 is 11.2 Å². The van der Waals surface area contributed by atoms with Crippen LogP contribution < -0.4 is 17.0 Å². The van der Waals surface area contributed by atoms with Crippen molar-refractivity contribution in [2.75, 3.05) is 0 Å². The number of rotatable bonds is 2. The number of hydrogen-bond acceptors (Lipinski definition) is 3. The van der Waals surface area contributed by atoms with Crippen molar-refractivity contribution in [3.8, 4) is 0 Å². The van der Waals surface area contributed by atoms with Crippen LogP contribution in [0.2, 0.25) is 0 Å². The fourth-order valence-corrected chi connectivity index (χ4v) is 0.648. The number of allylic oxidation sites excluding steroid dienone is 2. The lowest BCUT2D eigenvalue weighted by molar-refractivity contribution is 0.869. The van der Waals surface area contributed by atoms with Crippen molar-refractivity contribution < 1.29 is 0 Å². The zero-order valence-corrected chi connectivity index (χ0v) is 8.31. The average molecular weight is 304 g/mol. The standard InChI is InChI=1S/C4H7BrIN3/c5-3(2-6)1-4(7)9-8/h1-2,9H,7-8H2/b3-2+,4-1-. The second-order valence-corrected chi connectivity index (χ2v) is 2.78. The molecule has 0 radical (unpaired) electrons. The lowest BCUT2D eigenvalue weighted by Crippen LogP contribution is -2.26. The van der Waals surface area contributed by atoms with E-state index in [-0.39, 0.29) is 0 Å². The molecule has 0 saturated carbocycles. The van der Waals surface area contributed by atoms with Crippen molar-refractivity contribution in [2.45, 2.75) is 0 Å². The molecule has 0 aromatic heterocycles. The average Bonchev–Trinajstić information content (AvgIpc) is 1.87. The number of halogens is 2. The van der Waals surface area contributed by atoms with Gasteiger partial charge in [0.15, 0.2) is 0 Å². The number of nitrogens with one attached hydrogen (secondary N) is 1. The molecule has 0 aliphatic rings. The first kappa shape index (κ1) is 9.25. The van der Waals surface area contributed by atoms with E-state index in [2.05, 4.69) is 43.9 Å². The highest BCUT2D eigenvalue weighted by atomic mass is 127. The van der Waals surface area contributed by atoms with Crippen LogP contribution in [0.5, 0.6) is 0 Å². The molecule has 0 saturated heterocycles. The van der Waals surface area contributed by atoms with E-state index in [4.69, 9.17) is 11.6 Å². The van der Waals surface area contributed by atoms with E-state index in [9.17, 15) is 0 Å². The van der Waals surface area contributed by atoms with Crippen molar-refractivity contribution in [2.24, 2.45) is 11.6 Å². The fourth-order valence-electron chi connectivity index (χ4n) is 0.222. The monoisotopic (exact) mass is 303 g/mol.